The van der Waals surface area contributed by atoms with Crippen LogP contribution in [0.3, 0.4) is 0 Å². The molecule has 0 amide bonds. The lowest BCUT2D eigenvalue weighted by atomic mass is 10.3. The molecule has 0 spiro atoms. The second kappa shape index (κ2) is 7.57. The summed E-state index contributed by atoms with van der Waals surface area (Å²) in [6.07, 6.45) is 2.24. The van der Waals surface area contributed by atoms with E-state index in [0.717, 1.165) is 18.8 Å². The Balaban J connectivity index is 2.07. The number of hydrogen-bond acceptors (Lipinski definition) is 2. The van der Waals surface area contributed by atoms with Crippen LogP contribution >= 0.6 is 11.8 Å². The molecule has 1 aromatic rings. The van der Waals surface area contributed by atoms with Crippen molar-refractivity contribution in [2.24, 2.45) is 0 Å². The summed E-state index contributed by atoms with van der Waals surface area (Å²) in [7, 11) is 0. The van der Waals surface area contributed by atoms with Crippen LogP contribution in [0, 0.1) is 5.82 Å². The van der Waals surface area contributed by atoms with Gasteiger partial charge in [-0.15, -0.1) is 0 Å². The highest BCUT2D eigenvalue weighted by Crippen LogP contribution is 2.12. The molecule has 84 valence electrons. The maximum atomic E-state index is 12.6. The minimum atomic E-state index is -0.221. The standard InChI is InChI=1S/C12H17FOS/c1-2-15-10-4-3-9-14-12-7-5-11(13)6-8-12/h5-8H,2-4,9-10H2,1H3. The summed E-state index contributed by atoms with van der Waals surface area (Å²) < 4.78 is 18.0. The number of benzene rings is 1. The topological polar surface area (TPSA) is 9.23 Å². The van der Waals surface area contributed by atoms with Gasteiger partial charge in [0.05, 0.1) is 6.61 Å². The van der Waals surface area contributed by atoms with Gasteiger partial charge in [-0.25, -0.2) is 4.39 Å². The lowest BCUT2D eigenvalue weighted by molar-refractivity contribution is 0.309. The quantitative estimate of drug-likeness (QED) is 0.657. The summed E-state index contributed by atoms with van der Waals surface area (Å²) in [6.45, 7) is 2.88. The van der Waals surface area contributed by atoms with E-state index in [9.17, 15) is 4.39 Å². The Kier molecular flexibility index (Phi) is 6.25. The van der Waals surface area contributed by atoms with Gasteiger partial charge >= 0.3 is 0 Å². The Labute approximate surface area is 95.0 Å². The first kappa shape index (κ1) is 12.4. The molecule has 0 unspecified atom stereocenters. The molecule has 0 saturated carbocycles. The molecule has 0 aliphatic carbocycles. The highest BCUT2D eigenvalue weighted by atomic mass is 32.2. The van der Waals surface area contributed by atoms with Crippen molar-refractivity contribution >= 4 is 11.8 Å². The minimum absolute atomic E-state index is 0.221. The number of ether oxygens (including phenoxy) is 1. The fourth-order valence-electron chi connectivity index (χ4n) is 1.17. The number of hydrogen-bond donors (Lipinski definition) is 0. The molecule has 0 aliphatic rings. The van der Waals surface area contributed by atoms with E-state index in [1.807, 2.05) is 11.8 Å². The van der Waals surface area contributed by atoms with Crippen LogP contribution in [0.2, 0.25) is 0 Å². The molecule has 15 heavy (non-hydrogen) atoms. The van der Waals surface area contributed by atoms with Gasteiger partial charge in [-0.05, 0) is 48.6 Å². The van der Waals surface area contributed by atoms with Gasteiger partial charge in [-0.1, -0.05) is 6.92 Å². The summed E-state index contributed by atoms with van der Waals surface area (Å²) in [4.78, 5) is 0. The molecule has 0 fully saturated rings. The van der Waals surface area contributed by atoms with Gasteiger partial charge < -0.3 is 4.74 Å². The smallest absolute Gasteiger partial charge is 0.123 e. The van der Waals surface area contributed by atoms with Crippen LogP contribution < -0.4 is 4.74 Å². The lowest BCUT2D eigenvalue weighted by Gasteiger charge is -2.05. The van der Waals surface area contributed by atoms with E-state index in [1.165, 1.54) is 30.1 Å². The predicted octanol–water partition coefficient (Wildman–Crippen LogP) is 3.74. The summed E-state index contributed by atoms with van der Waals surface area (Å²) in [5.74, 6) is 2.91. The van der Waals surface area contributed by atoms with Crippen molar-refractivity contribution in [1.29, 1.82) is 0 Å². The van der Waals surface area contributed by atoms with Crippen LogP contribution in [-0.4, -0.2) is 18.1 Å². The third-order valence-electron chi connectivity index (χ3n) is 1.97. The highest BCUT2D eigenvalue weighted by Gasteiger charge is 1.94. The van der Waals surface area contributed by atoms with E-state index in [-0.39, 0.29) is 5.82 Å². The molecule has 1 aromatic carbocycles. The van der Waals surface area contributed by atoms with Gasteiger partial charge in [0.1, 0.15) is 11.6 Å². The minimum Gasteiger partial charge on any atom is -0.494 e. The van der Waals surface area contributed by atoms with E-state index in [2.05, 4.69) is 6.92 Å². The molecule has 3 heteroatoms. The third kappa shape index (κ3) is 5.67. The molecule has 0 N–H and O–H groups in total. The van der Waals surface area contributed by atoms with E-state index in [1.54, 1.807) is 12.1 Å². The molecule has 0 bridgehead atoms. The fraction of sp³-hybridized carbons (Fsp3) is 0.500. The van der Waals surface area contributed by atoms with Crippen LogP contribution in [0.1, 0.15) is 19.8 Å². The summed E-state index contributed by atoms with van der Waals surface area (Å²) in [6, 6.07) is 6.16. The molecular formula is C12H17FOS. The Hall–Kier alpha value is -0.700. The molecule has 0 radical (unpaired) electrons. The van der Waals surface area contributed by atoms with E-state index >= 15 is 0 Å². The largest absolute Gasteiger partial charge is 0.494 e. The fourth-order valence-corrected chi connectivity index (χ4v) is 1.87. The third-order valence-corrected chi connectivity index (χ3v) is 2.96. The number of thioether (sulfide) groups is 1. The monoisotopic (exact) mass is 228 g/mol. The first-order chi connectivity index (χ1) is 7.33. The van der Waals surface area contributed by atoms with Crippen LogP contribution in [0.5, 0.6) is 5.75 Å². The Morgan fingerprint density at radius 1 is 1.20 bits per heavy atom. The van der Waals surface area contributed by atoms with Gasteiger partial charge in [0, 0.05) is 0 Å². The van der Waals surface area contributed by atoms with Gasteiger partial charge in [-0.2, -0.15) is 11.8 Å². The lowest BCUT2D eigenvalue weighted by Crippen LogP contribution is -1.98. The normalized spacial score (nSPS) is 10.3. The average Bonchev–Trinajstić information content (AvgIpc) is 2.26. The van der Waals surface area contributed by atoms with Crippen molar-refractivity contribution in [2.45, 2.75) is 19.8 Å². The Morgan fingerprint density at radius 3 is 2.60 bits per heavy atom. The molecule has 1 nitrogen and oxygen atoms in total. The summed E-state index contributed by atoms with van der Waals surface area (Å²) in [5.41, 5.74) is 0. The first-order valence-corrected chi connectivity index (χ1v) is 6.44. The van der Waals surface area contributed by atoms with E-state index < -0.39 is 0 Å². The number of rotatable bonds is 7. The zero-order chi connectivity index (χ0) is 10.9. The van der Waals surface area contributed by atoms with Crippen molar-refractivity contribution in [1.82, 2.24) is 0 Å². The number of unbranched alkanes of at least 4 members (excludes halogenated alkanes) is 1. The van der Waals surface area contributed by atoms with Crippen molar-refractivity contribution in [3.63, 3.8) is 0 Å². The Bertz CT molecular complexity index is 261. The maximum absolute atomic E-state index is 12.6. The summed E-state index contributed by atoms with van der Waals surface area (Å²) in [5, 5.41) is 0. The molecule has 0 heterocycles. The van der Waals surface area contributed by atoms with Gasteiger partial charge in [0.25, 0.3) is 0 Å². The average molecular weight is 228 g/mol. The van der Waals surface area contributed by atoms with Gasteiger partial charge in [0.2, 0.25) is 0 Å². The van der Waals surface area contributed by atoms with Gasteiger partial charge in [0.15, 0.2) is 0 Å². The zero-order valence-corrected chi connectivity index (χ0v) is 9.86. The molecule has 0 atom stereocenters. The first-order valence-electron chi connectivity index (χ1n) is 5.29. The van der Waals surface area contributed by atoms with Crippen LogP contribution in [-0.2, 0) is 0 Å². The van der Waals surface area contributed by atoms with E-state index in [4.69, 9.17) is 4.74 Å². The van der Waals surface area contributed by atoms with Crippen LogP contribution in [0.4, 0.5) is 4.39 Å². The number of halogens is 1. The van der Waals surface area contributed by atoms with Crippen LogP contribution in [0.15, 0.2) is 24.3 Å². The molecule has 0 aromatic heterocycles. The zero-order valence-electron chi connectivity index (χ0n) is 9.04. The summed E-state index contributed by atoms with van der Waals surface area (Å²) >= 11 is 1.95. The molecular weight excluding hydrogens is 211 g/mol. The SMILES string of the molecule is CCSCCCCOc1ccc(F)cc1. The second-order valence-corrected chi connectivity index (χ2v) is 4.60. The highest BCUT2D eigenvalue weighted by molar-refractivity contribution is 7.99. The van der Waals surface area contributed by atoms with Crippen molar-refractivity contribution in [2.75, 3.05) is 18.1 Å². The molecule has 0 saturated heterocycles. The van der Waals surface area contributed by atoms with E-state index in [0.29, 0.717) is 0 Å². The Morgan fingerprint density at radius 2 is 1.93 bits per heavy atom. The predicted molar refractivity (Wildman–Crippen MR) is 64.1 cm³/mol. The van der Waals surface area contributed by atoms with Crippen molar-refractivity contribution in [3.8, 4) is 5.75 Å². The second-order valence-electron chi connectivity index (χ2n) is 3.21. The van der Waals surface area contributed by atoms with Gasteiger partial charge in [-0.3, -0.25) is 0 Å². The molecule has 1 rings (SSSR count). The van der Waals surface area contributed by atoms with Crippen molar-refractivity contribution in [3.05, 3.63) is 30.1 Å². The molecule has 0 aliphatic heterocycles. The van der Waals surface area contributed by atoms with Crippen LogP contribution in [0.25, 0.3) is 0 Å². The van der Waals surface area contributed by atoms with Crippen molar-refractivity contribution < 1.29 is 9.13 Å². The maximum Gasteiger partial charge on any atom is 0.123 e.